The number of nitrogens with zero attached hydrogens (tertiary/aromatic N) is 6. The molecule has 5 aromatic rings. The van der Waals surface area contributed by atoms with Gasteiger partial charge >= 0.3 is 0 Å². The average molecular weight is 483 g/mol. The Hall–Kier alpha value is -4.24. The first-order valence-electron chi connectivity index (χ1n) is 11.9. The summed E-state index contributed by atoms with van der Waals surface area (Å²) in [5.74, 6) is 1.35. The molecule has 0 aliphatic rings. The van der Waals surface area contributed by atoms with Crippen LogP contribution in [-0.2, 0) is 6.42 Å². The van der Waals surface area contributed by atoms with E-state index in [2.05, 4.69) is 67.5 Å². The number of benzene rings is 2. The first kappa shape index (κ1) is 23.5. The average Bonchev–Trinajstić information content (AvgIpc) is 3.32. The maximum Gasteiger partial charge on any atom is 0.155 e. The van der Waals surface area contributed by atoms with Crippen molar-refractivity contribution in [3.63, 3.8) is 0 Å². The molecule has 0 radical (unpaired) electrons. The van der Waals surface area contributed by atoms with Crippen LogP contribution in [0.5, 0.6) is 5.75 Å². The lowest BCUT2D eigenvalue weighted by Crippen LogP contribution is -2.15. The minimum Gasteiger partial charge on any atom is -0.491 e. The second-order valence-corrected chi connectivity index (χ2v) is 9.18. The second kappa shape index (κ2) is 10.2. The molecule has 0 unspecified atom stereocenters. The van der Waals surface area contributed by atoms with Crippen LogP contribution in [0.15, 0.2) is 61.3 Å². The van der Waals surface area contributed by atoms with Crippen LogP contribution < -0.4 is 15.8 Å². The third-order valence-corrected chi connectivity index (χ3v) is 6.12. The Balaban J connectivity index is 1.32. The van der Waals surface area contributed by atoms with Gasteiger partial charge in [-0.15, -0.1) is 0 Å². The van der Waals surface area contributed by atoms with Gasteiger partial charge in [0, 0.05) is 29.9 Å². The number of hydrogen-bond acceptors (Lipinski definition) is 8. The molecule has 0 spiro atoms. The quantitative estimate of drug-likeness (QED) is 0.237. The molecule has 0 aliphatic carbocycles. The van der Waals surface area contributed by atoms with Gasteiger partial charge < -0.3 is 20.7 Å². The Morgan fingerprint density at radius 2 is 1.92 bits per heavy atom. The van der Waals surface area contributed by atoms with Crippen LogP contribution in [0.1, 0.15) is 23.1 Å². The normalized spacial score (nSPS) is 11.4. The number of aromatic nitrogens is 5. The predicted octanol–water partition coefficient (Wildman–Crippen LogP) is 4.23. The molecule has 0 atom stereocenters. The van der Waals surface area contributed by atoms with Gasteiger partial charge in [-0.3, -0.25) is 0 Å². The largest absolute Gasteiger partial charge is 0.491 e. The molecular formula is C27H30N8O. The zero-order chi connectivity index (χ0) is 25.1. The highest BCUT2D eigenvalue weighted by Gasteiger charge is 2.11. The summed E-state index contributed by atoms with van der Waals surface area (Å²) in [6, 6.07) is 14.2. The first-order chi connectivity index (χ1) is 17.5. The molecule has 0 amide bonds. The van der Waals surface area contributed by atoms with Gasteiger partial charge in [-0.1, -0.05) is 6.07 Å². The number of nitrogens with one attached hydrogen (secondary N) is 1. The van der Waals surface area contributed by atoms with Gasteiger partial charge in [0.05, 0.1) is 17.8 Å². The fourth-order valence-corrected chi connectivity index (χ4v) is 4.18. The van der Waals surface area contributed by atoms with E-state index < -0.39 is 0 Å². The Labute approximate surface area is 210 Å². The van der Waals surface area contributed by atoms with Crippen molar-refractivity contribution >= 4 is 33.7 Å². The Morgan fingerprint density at radius 3 is 2.75 bits per heavy atom. The third-order valence-electron chi connectivity index (χ3n) is 6.12. The molecule has 3 heterocycles. The number of nitrogens with two attached hydrogens (primary N) is 1. The van der Waals surface area contributed by atoms with Crippen LogP contribution in [0, 0.1) is 6.92 Å². The predicted molar refractivity (Wildman–Crippen MR) is 143 cm³/mol. The number of aryl methyl sites for hydroxylation is 1. The van der Waals surface area contributed by atoms with Crippen LogP contribution in [-0.4, -0.2) is 56.7 Å². The van der Waals surface area contributed by atoms with Crippen LogP contribution in [0.3, 0.4) is 0 Å². The van der Waals surface area contributed by atoms with Crippen LogP contribution in [0.4, 0.5) is 17.2 Å². The number of nitrogen functional groups attached to an aromatic ring is 1. The third kappa shape index (κ3) is 5.21. The summed E-state index contributed by atoms with van der Waals surface area (Å²) in [4.78, 5) is 15.3. The number of hydrogen-bond donors (Lipinski definition) is 2. The van der Waals surface area contributed by atoms with Crippen LogP contribution in [0.2, 0.25) is 0 Å². The van der Waals surface area contributed by atoms with E-state index in [1.165, 1.54) is 16.7 Å². The summed E-state index contributed by atoms with van der Waals surface area (Å²) in [5, 5.41) is 8.44. The maximum absolute atomic E-state index is 6.31. The fourth-order valence-electron chi connectivity index (χ4n) is 4.18. The van der Waals surface area contributed by atoms with E-state index in [9.17, 15) is 0 Å². The van der Waals surface area contributed by atoms with E-state index in [0.29, 0.717) is 23.9 Å². The molecule has 184 valence electrons. The van der Waals surface area contributed by atoms with Crippen LogP contribution in [0.25, 0.3) is 16.6 Å². The number of fused-ring (bicyclic) bond motifs is 2. The first-order valence-corrected chi connectivity index (χ1v) is 11.9. The molecule has 0 fully saturated rings. The summed E-state index contributed by atoms with van der Waals surface area (Å²) < 4.78 is 7.68. The lowest BCUT2D eigenvalue weighted by atomic mass is 10.0. The van der Waals surface area contributed by atoms with Gasteiger partial charge in [0.1, 0.15) is 24.2 Å². The van der Waals surface area contributed by atoms with Crippen molar-refractivity contribution in [3.05, 3.63) is 78.0 Å². The molecule has 0 bridgehead atoms. The van der Waals surface area contributed by atoms with Gasteiger partial charge in [-0.05, 0) is 80.9 Å². The zero-order valence-corrected chi connectivity index (χ0v) is 20.8. The van der Waals surface area contributed by atoms with Crippen molar-refractivity contribution in [2.75, 3.05) is 38.3 Å². The Bertz CT molecular complexity index is 1510. The Kier molecular flexibility index (Phi) is 6.64. The highest BCUT2D eigenvalue weighted by atomic mass is 16.5. The van der Waals surface area contributed by atoms with Crippen molar-refractivity contribution in [2.45, 2.75) is 19.8 Å². The van der Waals surface area contributed by atoms with Crippen molar-refractivity contribution in [3.8, 4) is 5.75 Å². The highest BCUT2D eigenvalue weighted by molar-refractivity contribution is 5.94. The minimum absolute atomic E-state index is 0.571. The lowest BCUT2D eigenvalue weighted by Gasteiger charge is -2.14. The zero-order valence-electron chi connectivity index (χ0n) is 20.8. The van der Waals surface area contributed by atoms with Gasteiger partial charge in [0.2, 0.25) is 0 Å². The summed E-state index contributed by atoms with van der Waals surface area (Å²) in [6.07, 6.45) is 6.80. The molecule has 3 aromatic heterocycles. The smallest absolute Gasteiger partial charge is 0.155 e. The summed E-state index contributed by atoms with van der Waals surface area (Å²) >= 11 is 0. The van der Waals surface area contributed by atoms with Gasteiger partial charge in [0.25, 0.3) is 0 Å². The second-order valence-electron chi connectivity index (χ2n) is 9.18. The van der Waals surface area contributed by atoms with Crippen molar-refractivity contribution in [1.82, 2.24) is 29.5 Å². The molecule has 9 nitrogen and oxygen atoms in total. The van der Waals surface area contributed by atoms with Gasteiger partial charge in [-0.25, -0.2) is 19.5 Å². The van der Waals surface area contributed by atoms with Crippen molar-refractivity contribution in [2.24, 2.45) is 0 Å². The van der Waals surface area contributed by atoms with Crippen molar-refractivity contribution in [1.29, 1.82) is 0 Å². The van der Waals surface area contributed by atoms with Gasteiger partial charge in [-0.2, -0.15) is 5.10 Å². The standard InChI is InChI=1S/C27H30N8O/c1-18-11-21(6-5-20(18)12-19-7-9-35-26(13-19)30-17-32-35)33-27-22-14-23(28)25(15-24(22)29-16-31-27)36-10-4-8-34(2)3/h5-7,9,11,13-17H,4,8,10,12,28H2,1-3H3,(H,29,31,33). The molecule has 3 N–H and O–H groups in total. The van der Waals surface area contributed by atoms with Crippen LogP contribution >= 0.6 is 0 Å². The molecule has 5 rings (SSSR count). The highest BCUT2D eigenvalue weighted by Crippen LogP contribution is 2.32. The van der Waals surface area contributed by atoms with Gasteiger partial charge in [0.15, 0.2) is 5.65 Å². The van der Waals surface area contributed by atoms with E-state index in [0.717, 1.165) is 41.6 Å². The maximum atomic E-state index is 6.31. The van der Waals surface area contributed by atoms with E-state index in [-0.39, 0.29) is 0 Å². The molecular weight excluding hydrogens is 452 g/mol. The molecule has 9 heteroatoms. The molecule has 36 heavy (non-hydrogen) atoms. The number of anilines is 3. The molecule has 0 aliphatic heterocycles. The molecule has 0 saturated heterocycles. The number of rotatable bonds is 9. The topological polar surface area (TPSA) is 106 Å². The van der Waals surface area contributed by atoms with E-state index in [1.54, 1.807) is 17.2 Å². The minimum atomic E-state index is 0.571. The summed E-state index contributed by atoms with van der Waals surface area (Å²) in [5.41, 5.74) is 13.1. The molecule has 2 aromatic carbocycles. The van der Waals surface area contributed by atoms with E-state index >= 15 is 0 Å². The van der Waals surface area contributed by atoms with E-state index in [4.69, 9.17) is 10.5 Å². The van der Waals surface area contributed by atoms with E-state index in [1.807, 2.05) is 32.4 Å². The lowest BCUT2D eigenvalue weighted by molar-refractivity contribution is 0.283. The SMILES string of the molecule is Cc1cc(Nc2ncnc3cc(OCCCN(C)C)c(N)cc23)ccc1Cc1ccn2ncnc2c1. The number of ether oxygens (including phenoxy) is 1. The molecule has 0 saturated carbocycles. The number of pyridine rings is 1. The monoisotopic (exact) mass is 482 g/mol. The fraction of sp³-hybridized carbons (Fsp3) is 0.259. The van der Waals surface area contributed by atoms with Crippen molar-refractivity contribution < 1.29 is 4.74 Å². The summed E-state index contributed by atoms with van der Waals surface area (Å²) in [6.45, 7) is 3.67. The Morgan fingerprint density at radius 1 is 1.03 bits per heavy atom. The summed E-state index contributed by atoms with van der Waals surface area (Å²) in [7, 11) is 4.09.